The van der Waals surface area contributed by atoms with E-state index < -0.39 is 11.7 Å². The molecule has 0 radical (unpaired) electrons. The van der Waals surface area contributed by atoms with E-state index in [0.717, 1.165) is 49.4 Å². The molecule has 0 bridgehead atoms. The van der Waals surface area contributed by atoms with Gasteiger partial charge in [0.05, 0.1) is 5.56 Å². The molecule has 10 heteroatoms. The molecule has 4 aromatic rings. The number of hydrogen-bond donors (Lipinski definition) is 1. The quantitative estimate of drug-likeness (QED) is 0.546. The molecular formula is C21H21FN8O. The Labute approximate surface area is 177 Å². The molecule has 1 aliphatic rings. The molecule has 0 atom stereocenters. The lowest BCUT2D eigenvalue weighted by Gasteiger charge is -2.10. The van der Waals surface area contributed by atoms with Crippen LogP contribution in [0.15, 0.2) is 24.3 Å². The second kappa shape index (κ2) is 7.53. The summed E-state index contributed by atoms with van der Waals surface area (Å²) in [6.07, 6.45) is 4.00. The minimum absolute atomic E-state index is 0.0107. The first kappa shape index (κ1) is 19.3. The number of benzene rings is 1. The van der Waals surface area contributed by atoms with Crippen molar-refractivity contribution in [3.63, 3.8) is 0 Å². The van der Waals surface area contributed by atoms with Gasteiger partial charge in [-0.15, -0.1) is 15.3 Å². The van der Waals surface area contributed by atoms with E-state index in [4.69, 9.17) is 0 Å². The maximum atomic E-state index is 14.7. The van der Waals surface area contributed by atoms with E-state index in [-0.39, 0.29) is 5.82 Å². The zero-order valence-corrected chi connectivity index (χ0v) is 17.3. The maximum absolute atomic E-state index is 14.7. The van der Waals surface area contributed by atoms with Crippen LogP contribution in [0, 0.1) is 19.7 Å². The van der Waals surface area contributed by atoms with Crippen LogP contribution in [-0.2, 0) is 13.0 Å². The predicted octanol–water partition coefficient (Wildman–Crippen LogP) is 3.12. The number of carbonyl (C=O) groups is 1. The van der Waals surface area contributed by atoms with Gasteiger partial charge in [-0.25, -0.2) is 13.9 Å². The number of aryl methyl sites for hydroxylation is 3. The SMILES string of the molecule is Cc1cc(C)n2nc(C(=O)Nc3ccc(F)c(-c4nnc5n4CCCCC5)c3)nc2n1. The Morgan fingerprint density at radius 3 is 2.84 bits per heavy atom. The molecule has 0 aliphatic carbocycles. The normalized spacial score (nSPS) is 13.8. The number of fused-ring (bicyclic) bond motifs is 2. The highest BCUT2D eigenvalue weighted by atomic mass is 19.1. The maximum Gasteiger partial charge on any atom is 0.295 e. The van der Waals surface area contributed by atoms with Crippen molar-refractivity contribution in [3.8, 4) is 11.4 Å². The summed E-state index contributed by atoms with van der Waals surface area (Å²) in [6, 6.07) is 6.24. The van der Waals surface area contributed by atoms with Gasteiger partial charge in [-0.2, -0.15) is 4.98 Å². The summed E-state index contributed by atoms with van der Waals surface area (Å²) in [6.45, 7) is 4.48. The van der Waals surface area contributed by atoms with Gasteiger partial charge < -0.3 is 9.88 Å². The monoisotopic (exact) mass is 420 g/mol. The van der Waals surface area contributed by atoms with Crippen molar-refractivity contribution < 1.29 is 9.18 Å². The van der Waals surface area contributed by atoms with Crippen molar-refractivity contribution in [1.82, 2.24) is 34.3 Å². The van der Waals surface area contributed by atoms with E-state index in [0.29, 0.717) is 22.9 Å². The van der Waals surface area contributed by atoms with Crippen LogP contribution in [0.25, 0.3) is 17.2 Å². The number of halogens is 1. The van der Waals surface area contributed by atoms with Gasteiger partial charge in [0.1, 0.15) is 11.6 Å². The third kappa shape index (κ3) is 3.54. The molecule has 31 heavy (non-hydrogen) atoms. The molecule has 3 aromatic heterocycles. The number of nitrogens with one attached hydrogen (secondary N) is 1. The zero-order chi connectivity index (χ0) is 21.5. The van der Waals surface area contributed by atoms with Gasteiger partial charge >= 0.3 is 0 Å². The molecule has 1 amide bonds. The predicted molar refractivity (Wildman–Crippen MR) is 111 cm³/mol. The number of aromatic nitrogens is 7. The third-order valence-electron chi connectivity index (χ3n) is 5.40. The molecule has 0 saturated carbocycles. The molecule has 0 saturated heterocycles. The number of rotatable bonds is 3. The van der Waals surface area contributed by atoms with Gasteiger partial charge in [-0.3, -0.25) is 4.79 Å². The Bertz CT molecular complexity index is 1310. The van der Waals surface area contributed by atoms with E-state index in [1.165, 1.54) is 16.6 Å². The van der Waals surface area contributed by atoms with Crippen LogP contribution in [0.5, 0.6) is 0 Å². The molecule has 0 fully saturated rings. The van der Waals surface area contributed by atoms with E-state index in [9.17, 15) is 9.18 Å². The molecule has 1 N–H and O–H groups in total. The van der Waals surface area contributed by atoms with Crippen LogP contribution in [0.2, 0.25) is 0 Å². The largest absolute Gasteiger partial charge is 0.319 e. The van der Waals surface area contributed by atoms with Gasteiger partial charge in [0, 0.05) is 30.0 Å². The molecule has 4 heterocycles. The molecule has 158 valence electrons. The third-order valence-corrected chi connectivity index (χ3v) is 5.40. The molecular weight excluding hydrogens is 399 g/mol. The van der Waals surface area contributed by atoms with Crippen molar-refractivity contribution in [2.75, 3.05) is 5.32 Å². The summed E-state index contributed by atoms with van der Waals surface area (Å²) in [5.74, 6) is 0.774. The first-order valence-corrected chi connectivity index (χ1v) is 10.2. The van der Waals surface area contributed by atoms with E-state index in [1.54, 1.807) is 6.07 Å². The standard InChI is InChI=1S/C21H21FN8O/c1-12-10-13(2)30-21(23-12)25-18(28-30)20(31)24-14-7-8-16(22)15(11-14)19-27-26-17-6-4-3-5-9-29(17)19/h7-8,10-11H,3-6,9H2,1-2H3,(H,24,31). The number of nitrogens with zero attached hydrogens (tertiary/aromatic N) is 7. The van der Waals surface area contributed by atoms with Crippen molar-refractivity contribution in [2.45, 2.75) is 46.1 Å². The van der Waals surface area contributed by atoms with Gasteiger partial charge in [0.15, 0.2) is 5.82 Å². The van der Waals surface area contributed by atoms with Crippen molar-refractivity contribution in [2.24, 2.45) is 0 Å². The summed E-state index contributed by atoms with van der Waals surface area (Å²) >= 11 is 0. The van der Waals surface area contributed by atoms with Crippen LogP contribution in [-0.4, -0.2) is 40.3 Å². The minimum atomic E-state index is -0.500. The number of hydrogen-bond acceptors (Lipinski definition) is 6. The van der Waals surface area contributed by atoms with Gasteiger partial charge in [-0.05, 0) is 51.0 Å². The fraction of sp³-hybridized carbons (Fsp3) is 0.333. The second-order valence-electron chi connectivity index (χ2n) is 7.74. The van der Waals surface area contributed by atoms with Crippen molar-refractivity contribution in [1.29, 1.82) is 0 Å². The Balaban J connectivity index is 1.45. The molecule has 0 spiro atoms. The summed E-state index contributed by atoms with van der Waals surface area (Å²) in [5.41, 5.74) is 2.34. The zero-order valence-electron chi connectivity index (χ0n) is 17.3. The van der Waals surface area contributed by atoms with E-state index in [2.05, 4.69) is 30.6 Å². The fourth-order valence-corrected chi connectivity index (χ4v) is 3.91. The molecule has 9 nitrogen and oxygen atoms in total. The molecule has 1 aliphatic heterocycles. The average molecular weight is 420 g/mol. The molecule has 5 rings (SSSR count). The highest BCUT2D eigenvalue weighted by molar-refractivity contribution is 6.02. The van der Waals surface area contributed by atoms with Gasteiger partial charge in [-0.1, -0.05) is 6.42 Å². The molecule has 0 unspecified atom stereocenters. The van der Waals surface area contributed by atoms with Crippen LogP contribution in [0.3, 0.4) is 0 Å². The lowest BCUT2D eigenvalue weighted by molar-refractivity contribution is 0.101. The highest BCUT2D eigenvalue weighted by Crippen LogP contribution is 2.27. The number of carbonyl (C=O) groups excluding carboxylic acids is 1. The van der Waals surface area contributed by atoms with E-state index >= 15 is 0 Å². The Kier molecular flexibility index (Phi) is 4.68. The first-order chi connectivity index (χ1) is 15.0. The molecule has 1 aromatic carbocycles. The minimum Gasteiger partial charge on any atom is -0.319 e. The number of anilines is 1. The second-order valence-corrected chi connectivity index (χ2v) is 7.74. The number of amides is 1. The smallest absolute Gasteiger partial charge is 0.295 e. The lowest BCUT2D eigenvalue weighted by atomic mass is 10.1. The summed E-state index contributed by atoms with van der Waals surface area (Å²) < 4.78 is 18.1. The van der Waals surface area contributed by atoms with Crippen LogP contribution in [0.1, 0.15) is 47.1 Å². The fourth-order valence-electron chi connectivity index (χ4n) is 3.91. The average Bonchev–Trinajstić information content (AvgIpc) is 3.27. The Hall–Kier alpha value is -3.69. The van der Waals surface area contributed by atoms with Gasteiger partial charge in [0.25, 0.3) is 11.7 Å². The highest BCUT2D eigenvalue weighted by Gasteiger charge is 2.20. The summed E-state index contributed by atoms with van der Waals surface area (Å²) in [5, 5.41) is 15.4. The summed E-state index contributed by atoms with van der Waals surface area (Å²) in [7, 11) is 0. The van der Waals surface area contributed by atoms with Crippen LogP contribution < -0.4 is 5.32 Å². The topological polar surface area (TPSA) is 103 Å². The van der Waals surface area contributed by atoms with Crippen molar-refractivity contribution in [3.05, 3.63) is 53.1 Å². The van der Waals surface area contributed by atoms with Crippen LogP contribution >= 0.6 is 0 Å². The van der Waals surface area contributed by atoms with Crippen LogP contribution in [0.4, 0.5) is 10.1 Å². The first-order valence-electron chi connectivity index (χ1n) is 10.2. The lowest BCUT2D eigenvalue weighted by Crippen LogP contribution is -2.14. The summed E-state index contributed by atoms with van der Waals surface area (Å²) in [4.78, 5) is 21.2. The van der Waals surface area contributed by atoms with Crippen molar-refractivity contribution >= 4 is 17.4 Å². The Morgan fingerprint density at radius 1 is 1.10 bits per heavy atom. The Morgan fingerprint density at radius 2 is 1.97 bits per heavy atom. The van der Waals surface area contributed by atoms with Gasteiger partial charge in [0.2, 0.25) is 5.82 Å². The van der Waals surface area contributed by atoms with E-state index in [1.807, 2.05) is 24.5 Å².